The van der Waals surface area contributed by atoms with Gasteiger partial charge < -0.3 is 25.0 Å². The van der Waals surface area contributed by atoms with E-state index in [1.807, 2.05) is 0 Å². The van der Waals surface area contributed by atoms with E-state index < -0.39 is 23.7 Å². The summed E-state index contributed by atoms with van der Waals surface area (Å²) in [4.78, 5) is 41.0. The predicted octanol–water partition coefficient (Wildman–Crippen LogP) is 5.57. The molecule has 2 heterocycles. The summed E-state index contributed by atoms with van der Waals surface area (Å²) in [7, 11) is 1.48. The van der Waals surface area contributed by atoms with Gasteiger partial charge in [0.15, 0.2) is 0 Å². The minimum absolute atomic E-state index is 0.235. The molecule has 1 aliphatic heterocycles. The van der Waals surface area contributed by atoms with E-state index in [2.05, 4.69) is 10.6 Å². The molecule has 0 spiro atoms. The number of nitrogens with one attached hydrogen (secondary N) is 2. The third-order valence-corrected chi connectivity index (χ3v) is 6.92. The normalized spacial score (nSPS) is 12.5. The Hall–Kier alpha value is -3.63. The molecular formula is C25H23ClFN3O5S. The lowest BCUT2D eigenvalue weighted by atomic mass is 10.0. The Morgan fingerprint density at radius 1 is 1.11 bits per heavy atom. The Balaban J connectivity index is 1.69. The van der Waals surface area contributed by atoms with E-state index in [0.717, 1.165) is 10.4 Å². The number of benzene rings is 2. The number of fused-ring (bicyclic) bond motifs is 1. The Kier molecular flexibility index (Phi) is 7.76. The molecule has 8 nitrogen and oxygen atoms in total. The van der Waals surface area contributed by atoms with Gasteiger partial charge in [0.1, 0.15) is 16.6 Å². The van der Waals surface area contributed by atoms with Crippen molar-refractivity contribution in [3.8, 4) is 5.75 Å². The summed E-state index contributed by atoms with van der Waals surface area (Å²) < 4.78 is 23.8. The second kappa shape index (κ2) is 11.0. The van der Waals surface area contributed by atoms with Crippen LogP contribution in [0.2, 0.25) is 5.02 Å². The Morgan fingerprint density at radius 3 is 2.56 bits per heavy atom. The maximum absolute atomic E-state index is 13.5. The highest BCUT2D eigenvalue weighted by atomic mass is 35.5. The molecule has 2 aromatic carbocycles. The molecule has 0 radical (unpaired) electrons. The summed E-state index contributed by atoms with van der Waals surface area (Å²) in [6.45, 7) is 2.58. The number of halogens is 2. The molecule has 0 saturated heterocycles. The maximum Gasteiger partial charge on any atom is 0.410 e. The molecule has 11 heteroatoms. The molecule has 188 valence electrons. The lowest BCUT2D eigenvalue weighted by Crippen LogP contribution is -2.36. The highest BCUT2D eigenvalue weighted by molar-refractivity contribution is 7.17. The van der Waals surface area contributed by atoms with Crippen molar-refractivity contribution in [1.82, 2.24) is 4.90 Å². The molecule has 0 atom stereocenters. The van der Waals surface area contributed by atoms with Gasteiger partial charge >= 0.3 is 6.09 Å². The zero-order valence-electron chi connectivity index (χ0n) is 19.5. The van der Waals surface area contributed by atoms with Gasteiger partial charge in [0.2, 0.25) is 0 Å². The van der Waals surface area contributed by atoms with Crippen molar-refractivity contribution in [1.29, 1.82) is 0 Å². The number of rotatable bonds is 6. The van der Waals surface area contributed by atoms with E-state index >= 15 is 0 Å². The Labute approximate surface area is 216 Å². The van der Waals surface area contributed by atoms with Crippen LogP contribution < -0.4 is 15.4 Å². The molecule has 2 N–H and O–H groups in total. The van der Waals surface area contributed by atoms with Crippen LogP contribution in [0.3, 0.4) is 0 Å². The van der Waals surface area contributed by atoms with Gasteiger partial charge in [-0.1, -0.05) is 11.6 Å². The van der Waals surface area contributed by atoms with E-state index in [1.54, 1.807) is 30.0 Å². The Morgan fingerprint density at radius 2 is 1.86 bits per heavy atom. The molecule has 3 amide bonds. The van der Waals surface area contributed by atoms with E-state index in [1.165, 1.54) is 42.7 Å². The summed E-state index contributed by atoms with van der Waals surface area (Å²) in [6, 6.07) is 9.93. The monoisotopic (exact) mass is 531 g/mol. The molecule has 0 bridgehead atoms. The summed E-state index contributed by atoms with van der Waals surface area (Å²) in [5.74, 6) is -1.01. The quantitative estimate of drug-likeness (QED) is 0.433. The van der Waals surface area contributed by atoms with Crippen molar-refractivity contribution in [2.45, 2.75) is 19.9 Å². The summed E-state index contributed by atoms with van der Waals surface area (Å²) in [5, 5.41) is 6.33. The van der Waals surface area contributed by atoms with Gasteiger partial charge in [-0.3, -0.25) is 9.59 Å². The minimum atomic E-state index is -0.495. The zero-order valence-corrected chi connectivity index (χ0v) is 21.1. The van der Waals surface area contributed by atoms with Gasteiger partial charge in [0, 0.05) is 22.0 Å². The molecule has 36 heavy (non-hydrogen) atoms. The van der Waals surface area contributed by atoms with Crippen LogP contribution in [0.4, 0.5) is 19.9 Å². The van der Waals surface area contributed by atoms with Crippen molar-refractivity contribution < 1.29 is 28.2 Å². The number of thiophene rings is 1. The molecule has 1 aromatic heterocycles. The third-order valence-electron chi connectivity index (χ3n) is 5.55. The molecule has 3 aromatic rings. The van der Waals surface area contributed by atoms with Crippen LogP contribution in [0.15, 0.2) is 42.5 Å². The van der Waals surface area contributed by atoms with Crippen LogP contribution in [-0.2, 0) is 17.7 Å². The third kappa shape index (κ3) is 5.44. The fourth-order valence-corrected chi connectivity index (χ4v) is 5.27. The van der Waals surface area contributed by atoms with Gasteiger partial charge in [-0.25, -0.2) is 9.18 Å². The highest BCUT2D eigenvalue weighted by Gasteiger charge is 2.31. The summed E-state index contributed by atoms with van der Waals surface area (Å²) in [5.41, 5.74) is 1.62. The van der Waals surface area contributed by atoms with Gasteiger partial charge in [-0.2, -0.15) is 0 Å². The number of ether oxygens (including phenoxy) is 2. The van der Waals surface area contributed by atoms with E-state index in [0.29, 0.717) is 34.4 Å². The van der Waals surface area contributed by atoms with Crippen LogP contribution in [0, 0.1) is 5.82 Å². The smallest absolute Gasteiger partial charge is 0.410 e. The number of amides is 3. The number of hydrogen-bond acceptors (Lipinski definition) is 6. The average molecular weight is 532 g/mol. The SMILES string of the molecule is CCOC(=O)N1CCc2c(sc(NC(=O)c3ccc(F)cc3)c2C(=O)Nc2cc(Cl)ccc2OC)C1. The van der Waals surface area contributed by atoms with E-state index in [4.69, 9.17) is 21.1 Å². The van der Waals surface area contributed by atoms with Crippen molar-refractivity contribution >= 4 is 51.5 Å². The van der Waals surface area contributed by atoms with Gasteiger partial charge in [-0.15, -0.1) is 11.3 Å². The standard InChI is InChI=1S/C25H23ClFN3O5S/c1-3-35-25(33)30-11-10-17-20(13-30)36-24(29-22(31)14-4-7-16(27)8-5-14)21(17)23(32)28-18-12-15(26)6-9-19(18)34-2/h4-9,12H,3,10-11,13H2,1-2H3,(H,28,32)(H,29,31). The number of anilines is 2. The van der Waals surface area contributed by atoms with E-state index in [9.17, 15) is 18.8 Å². The fraction of sp³-hybridized carbons (Fsp3) is 0.240. The molecule has 0 fully saturated rings. The molecule has 0 aliphatic carbocycles. The first-order valence-electron chi connectivity index (χ1n) is 11.1. The number of carbonyl (C=O) groups is 3. The minimum Gasteiger partial charge on any atom is -0.495 e. The molecule has 0 unspecified atom stereocenters. The first-order chi connectivity index (χ1) is 17.3. The molecule has 4 rings (SSSR count). The number of hydrogen-bond donors (Lipinski definition) is 2. The number of methoxy groups -OCH3 is 1. The van der Waals surface area contributed by atoms with Gasteiger partial charge in [0.25, 0.3) is 11.8 Å². The number of nitrogens with zero attached hydrogens (tertiary/aromatic N) is 1. The first kappa shape index (κ1) is 25.5. The van der Waals surface area contributed by atoms with E-state index in [-0.39, 0.29) is 24.3 Å². The average Bonchev–Trinajstić information content (AvgIpc) is 3.21. The Bertz CT molecular complexity index is 1310. The van der Waals surface area contributed by atoms with Crippen molar-refractivity contribution in [2.24, 2.45) is 0 Å². The first-order valence-corrected chi connectivity index (χ1v) is 12.3. The lowest BCUT2D eigenvalue weighted by Gasteiger charge is -2.26. The fourth-order valence-electron chi connectivity index (χ4n) is 3.84. The second-order valence-corrected chi connectivity index (χ2v) is 9.38. The lowest BCUT2D eigenvalue weighted by molar-refractivity contribution is 0.101. The van der Waals surface area contributed by atoms with Crippen LogP contribution in [-0.4, -0.2) is 43.1 Å². The van der Waals surface area contributed by atoms with Crippen LogP contribution in [0.25, 0.3) is 0 Å². The van der Waals surface area contributed by atoms with Crippen LogP contribution in [0.5, 0.6) is 5.75 Å². The topological polar surface area (TPSA) is 97.0 Å². The van der Waals surface area contributed by atoms with Crippen LogP contribution >= 0.6 is 22.9 Å². The largest absolute Gasteiger partial charge is 0.495 e. The predicted molar refractivity (Wildman–Crippen MR) is 136 cm³/mol. The highest BCUT2D eigenvalue weighted by Crippen LogP contribution is 2.39. The second-order valence-electron chi connectivity index (χ2n) is 7.84. The summed E-state index contributed by atoms with van der Waals surface area (Å²) >= 11 is 7.32. The van der Waals surface area contributed by atoms with Crippen molar-refractivity contribution in [3.63, 3.8) is 0 Å². The maximum atomic E-state index is 13.5. The van der Waals surface area contributed by atoms with Crippen molar-refractivity contribution in [3.05, 3.63) is 74.9 Å². The molecular weight excluding hydrogens is 509 g/mol. The zero-order chi connectivity index (χ0) is 25.8. The van der Waals surface area contributed by atoms with Crippen molar-refractivity contribution in [2.75, 3.05) is 30.9 Å². The van der Waals surface area contributed by atoms with Crippen LogP contribution in [0.1, 0.15) is 38.1 Å². The summed E-state index contributed by atoms with van der Waals surface area (Å²) in [6.07, 6.45) is -0.0462. The molecule has 1 aliphatic rings. The van der Waals surface area contributed by atoms with Gasteiger partial charge in [-0.05, 0) is 61.4 Å². The van der Waals surface area contributed by atoms with Gasteiger partial charge in [0.05, 0.1) is 31.5 Å². The number of carbonyl (C=O) groups excluding carboxylic acids is 3. The molecule has 0 saturated carbocycles.